The summed E-state index contributed by atoms with van der Waals surface area (Å²) in [6.45, 7) is 3.19. The summed E-state index contributed by atoms with van der Waals surface area (Å²) >= 11 is 0. The van der Waals surface area contributed by atoms with E-state index in [0.717, 1.165) is 41.8 Å². The van der Waals surface area contributed by atoms with Crippen molar-refractivity contribution in [3.05, 3.63) is 84.0 Å². The molecule has 1 aromatic carbocycles. The summed E-state index contributed by atoms with van der Waals surface area (Å²) in [7, 11) is 0. The first-order valence-corrected chi connectivity index (χ1v) is 10.1. The van der Waals surface area contributed by atoms with Crippen molar-refractivity contribution in [2.45, 2.75) is 25.7 Å². The molecule has 1 saturated heterocycles. The number of hydrogen-bond acceptors (Lipinski definition) is 4. The standard InChI is InChI=1S/C24H23FN4O/c1-17-27-15-22(19-5-7-21(25)8-6-19)24(28-17)20-3-2-14-29(16-20)23(30)9-4-18-10-12-26-13-11-18/h4-13,15,20H,2-3,14,16H2,1H3/b9-4+/t20-/m1/s1. The van der Waals surface area contributed by atoms with Gasteiger partial charge >= 0.3 is 0 Å². The third-order valence-corrected chi connectivity index (χ3v) is 5.34. The van der Waals surface area contributed by atoms with Gasteiger partial charge < -0.3 is 4.90 Å². The van der Waals surface area contributed by atoms with Crippen LogP contribution in [0, 0.1) is 12.7 Å². The number of aryl methyl sites for hydroxylation is 1. The van der Waals surface area contributed by atoms with Crippen molar-refractivity contribution >= 4 is 12.0 Å². The quantitative estimate of drug-likeness (QED) is 0.607. The molecule has 3 aromatic rings. The highest BCUT2D eigenvalue weighted by Crippen LogP contribution is 2.33. The van der Waals surface area contributed by atoms with Crippen molar-refractivity contribution in [1.29, 1.82) is 0 Å². The van der Waals surface area contributed by atoms with Crippen LogP contribution >= 0.6 is 0 Å². The van der Waals surface area contributed by atoms with Gasteiger partial charge in [0.15, 0.2) is 0 Å². The number of pyridine rings is 1. The third kappa shape index (κ3) is 4.59. The van der Waals surface area contributed by atoms with Crippen LogP contribution in [0.15, 0.2) is 61.1 Å². The normalized spacial score (nSPS) is 16.7. The molecule has 0 bridgehead atoms. The van der Waals surface area contributed by atoms with Gasteiger partial charge in [0.05, 0.1) is 5.69 Å². The lowest BCUT2D eigenvalue weighted by Crippen LogP contribution is -2.38. The molecule has 152 valence electrons. The second-order valence-electron chi connectivity index (χ2n) is 7.46. The third-order valence-electron chi connectivity index (χ3n) is 5.34. The lowest BCUT2D eigenvalue weighted by Gasteiger charge is -2.32. The fraction of sp³-hybridized carbons (Fsp3) is 0.250. The Morgan fingerprint density at radius 2 is 1.93 bits per heavy atom. The Labute approximate surface area is 175 Å². The second-order valence-corrected chi connectivity index (χ2v) is 7.46. The zero-order valence-corrected chi connectivity index (χ0v) is 16.8. The van der Waals surface area contributed by atoms with E-state index in [2.05, 4.69) is 9.97 Å². The monoisotopic (exact) mass is 402 g/mol. The van der Waals surface area contributed by atoms with Crippen LogP contribution in [0.2, 0.25) is 0 Å². The molecule has 1 aliphatic heterocycles. The second kappa shape index (κ2) is 8.95. The van der Waals surface area contributed by atoms with Gasteiger partial charge in [-0.05, 0) is 61.2 Å². The topological polar surface area (TPSA) is 59.0 Å². The highest BCUT2D eigenvalue weighted by Gasteiger charge is 2.27. The molecule has 3 heterocycles. The van der Waals surface area contributed by atoms with Crippen molar-refractivity contribution in [2.75, 3.05) is 13.1 Å². The molecule has 0 N–H and O–H groups in total. The Bertz CT molecular complexity index is 1050. The van der Waals surface area contributed by atoms with E-state index in [4.69, 9.17) is 4.98 Å². The fourth-order valence-electron chi connectivity index (χ4n) is 3.80. The van der Waals surface area contributed by atoms with Gasteiger partial charge in [-0.2, -0.15) is 0 Å². The maximum atomic E-state index is 13.4. The van der Waals surface area contributed by atoms with Crippen molar-refractivity contribution in [1.82, 2.24) is 19.9 Å². The fourth-order valence-corrected chi connectivity index (χ4v) is 3.80. The maximum absolute atomic E-state index is 13.4. The molecule has 30 heavy (non-hydrogen) atoms. The van der Waals surface area contributed by atoms with E-state index in [1.54, 1.807) is 36.8 Å². The molecule has 0 aliphatic carbocycles. The van der Waals surface area contributed by atoms with Crippen LogP contribution in [-0.2, 0) is 4.79 Å². The molecular formula is C24H23FN4O. The van der Waals surface area contributed by atoms with E-state index >= 15 is 0 Å². The largest absolute Gasteiger partial charge is 0.338 e. The average Bonchev–Trinajstić information content (AvgIpc) is 2.79. The van der Waals surface area contributed by atoms with Gasteiger partial charge in [-0.15, -0.1) is 0 Å². The van der Waals surface area contributed by atoms with Crippen LogP contribution < -0.4 is 0 Å². The summed E-state index contributed by atoms with van der Waals surface area (Å²) in [4.78, 5) is 27.7. The van der Waals surface area contributed by atoms with Crippen LogP contribution in [-0.4, -0.2) is 38.8 Å². The Kier molecular flexibility index (Phi) is 5.93. The number of hydrogen-bond donors (Lipinski definition) is 0. The van der Waals surface area contributed by atoms with Gasteiger partial charge in [0, 0.05) is 49.2 Å². The number of nitrogens with zero attached hydrogens (tertiary/aromatic N) is 4. The van der Waals surface area contributed by atoms with E-state index in [1.807, 2.05) is 30.0 Å². The summed E-state index contributed by atoms with van der Waals surface area (Å²) in [6.07, 6.45) is 10.5. The minimum absolute atomic E-state index is 0.00868. The molecule has 0 unspecified atom stereocenters. The van der Waals surface area contributed by atoms with Crippen molar-refractivity contribution in [3.8, 4) is 11.1 Å². The van der Waals surface area contributed by atoms with Gasteiger partial charge in [0.2, 0.25) is 5.91 Å². The molecule has 2 aromatic heterocycles. The van der Waals surface area contributed by atoms with Gasteiger partial charge in [-0.3, -0.25) is 9.78 Å². The molecule has 1 aliphatic rings. The zero-order chi connectivity index (χ0) is 20.9. The molecule has 1 atom stereocenters. The summed E-state index contributed by atoms with van der Waals surface area (Å²) in [5.41, 5.74) is 3.64. The van der Waals surface area contributed by atoms with E-state index in [1.165, 1.54) is 12.1 Å². The van der Waals surface area contributed by atoms with Crippen molar-refractivity contribution < 1.29 is 9.18 Å². The average molecular weight is 402 g/mol. The predicted molar refractivity (Wildman–Crippen MR) is 114 cm³/mol. The van der Waals surface area contributed by atoms with Crippen LogP contribution in [0.4, 0.5) is 4.39 Å². The van der Waals surface area contributed by atoms with Crippen molar-refractivity contribution in [3.63, 3.8) is 0 Å². The van der Waals surface area contributed by atoms with Gasteiger partial charge in [-0.1, -0.05) is 12.1 Å². The lowest BCUT2D eigenvalue weighted by atomic mass is 9.89. The number of halogens is 1. The summed E-state index contributed by atoms with van der Waals surface area (Å²) in [5.74, 6) is 0.519. The molecular weight excluding hydrogens is 379 g/mol. The van der Waals surface area contributed by atoms with E-state index < -0.39 is 0 Å². The molecule has 0 spiro atoms. The molecule has 1 fully saturated rings. The Hall–Kier alpha value is -3.41. The van der Waals surface area contributed by atoms with Crippen LogP contribution in [0.5, 0.6) is 0 Å². The summed E-state index contributed by atoms with van der Waals surface area (Å²) < 4.78 is 13.4. The molecule has 1 amide bonds. The smallest absolute Gasteiger partial charge is 0.246 e. The predicted octanol–water partition coefficient (Wildman–Crippen LogP) is 4.41. The number of aromatic nitrogens is 3. The SMILES string of the molecule is Cc1ncc(-c2ccc(F)cc2)c([C@@H]2CCCN(C(=O)/C=C/c3ccncc3)C2)n1. The number of amides is 1. The first-order chi connectivity index (χ1) is 14.6. The minimum atomic E-state index is -0.274. The van der Waals surface area contributed by atoms with E-state index in [-0.39, 0.29) is 17.6 Å². The number of carbonyl (C=O) groups excluding carboxylic acids is 1. The maximum Gasteiger partial charge on any atom is 0.246 e. The Balaban J connectivity index is 1.56. The van der Waals surface area contributed by atoms with Gasteiger partial charge in [-0.25, -0.2) is 14.4 Å². The Morgan fingerprint density at radius 1 is 1.17 bits per heavy atom. The molecule has 5 nitrogen and oxygen atoms in total. The minimum Gasteiger partial charge on any atom is -0.338 e. The van der Waals surface area contributed by atoms with Gasteiger partial charge in [0.1, 0.15) is 11.6 Å². The van der Waals surface area contributed by atoms with E-state index in [0.29, 0.717) is 12.4 Å². The molecule has 6 heteroatoms. The molecule has 4 rings (SSSR count). The number of likely N-dealkylation sites (tertiary alicyclic amines) is 1. The highest BCUT2D eigenvalue weighted by molar-refractivity contribution is 5.91. The van der Waals surface area contributed by atoms with Gasteiger partial charge in [0.25, 0.3) is 0 Å². The molecule has 0 saturated carbocycles. The van der Waals surface area contributed by atoms with Crippen molar-refractivity contribution in [2.24, 2.45) is 0 Å². The van der Waals surface area contributed by atoms with Crippen LogP contribution in [0.3, 0.4) is 0 Å². The lowest BCUT2D eigenvalue weighted by molar-refractivity contribution is -0.127. The van der Waals surface area contributed by atoms with E-state index in [9.17, 15) is 9.18 Å². The number of piperidine rings is 1. The number of carbonyl (C=O) groups is 1. The number of benzene rings is 1. The summed E-state index contributed by atoms with van der Waals surface area (Å²) in [5, 5.41) is 0. The first kappa shape index (κ1) is 19.9. The van der Waals surface area contributed by atoms with Crippen LogP contribution in [0.1, 0.15) is 35.8 Å². The Morgan fingerprint density at radius 3 is 2.70 bits per heavy atom. The highest BCUT2D eigenvalue weighted by atomic mass is 19.1. The number of rotatable bonds is 4. The first-order valence-electron chi connectivity index (χ1n) is 10.1. The summed E-state index contributed by atoms with van der Waals surface area (Å²) in [6, 6.07) is 10.1. The van der Waals surface area contributed by atoms with Crippen LogP contribution in [0.25, 0.3) is 17.2 Å². The molecule has 0 radical (unpaired) electrons. The zero-order valence-electron chi connectivity index (χ0n) is 16.8.